The largest absolute Gasteiger partial charge is 0.393 e. The Labute approximate surface area is 137 Å². The molecule has 1 aromatic heterocycles. The zero-order chi connectivity index (χ0) is 16.3. The number of hydrogen-bond acceptors (Lipinski definition) is 5. The number of nitrogens with two attached hydrogens (primary N) is 1. The molecule has 2 rings (SSSR count). The molecule has 0 saturated carbocycles. The average molecular weight is 423 g/mol. The Kier molecular flexibility index (Phi) is 5.42. The summed E-state index contributed by atoms with van der Waals surface area (Å²) in [6.07, 6.45) is 0.929. The van der Waals surface area contributed by atoms with Crippen molar-refractivity contribution >= 4 is 34.5 Å². The molecule has 1 aliphatic heterocycles. The van der Waals surface area contributed by atoms with Crippen LogP contribution in [0, 0.1) is 0 Å². The summed E-state index contributed by atoms with van der Waals surface area (Å²) in [5, 5.41) is 9.18. The second-order valence-corrected chi connectivity index (χ2v) is 5.07. The van der Waals surface area contributed by atoms with Gasteiger partial charge in [0.1, 0.15) is 11.9 Å². The molecular weight excluding hydrogens is 411 g/mol. The number of hydrogen-bond donors (Lipinski definition) is 2. The minimum Gasteiger partial charge on any atom is -0.393 e. The van der Waals surface area contributed by atoms with Crippen LogP contribution in [0.4, 0.5) is 14.6 Å². The molecule has 2 atom stereocenters. The first-order chi connectivity index (χ1) is 10.6. The Bertz CT molecular complexity index is 715. The maximum atomic E-state index is 13.1. The van der Waals surface area contributed by atoms with Gasteiger partial charge in [0, 0.05) is 22.9 Å². The molecule has 1 aliphatic rings. The van der Waals surface area contributed by atoms with Gasteiger partial charge in [-0.2, -0.15) is 4.98 Å². The monoisotopic (exact) mass is 423 g/mol. The molecule has 2 unspecified atom stereocenters. The van der Waals surface area contributed by atoms with Crippen LogP contribution in [0.25, 0.3) is 6.08 Å². The third kappa shape index (κ3) is 2.96. The van der Waals surface area contributed by atoms with E-state index in [9.17, 15) is 18.7 Å². The van der Waals surface area contributed by atoms with Gasteiger partial charge in [0.2, 0.25) is 0 Å². The van der Waals surface area contributed by atoms with Crippen LogP contribution in [-0.4, -0.2) is 27.4 Å². The van der Waals surface area contributed by atoms with E-state index < -0.39 is 24.6 Å². The average Bonchev–Trinajstić information content (AvgIpc) is 2.87. The van der Waals surface area contributed by atoms with Gasteiger partial charge in [-0.05, 0) is 10.2 Å². The van der Waals surface area contributed by atoms with E-state index in [0.29, 0.717) is 5.56 Å². The predicted molar refractivity (Wildman–Crippen MR) is 85.3 cm³/mol. The zero-order valence-corrected chi connectivity index (χ0v) is 13.3. The summed E-state index contributed by atoms with van der Waals surface area (Å²) in [6.45, 7) is -0.554. The highest BCUT2D eigenvalue weighted by Gasteiger charge is 2.37. The molecule has 6 nitrogen and oxygen atoms in total. The molecule has 118 valence electrons. The summed E-state index contributed by atoms with van der Waals surface area (Å²) in [4.78, 5) is 15.6. The van der Waals surface area contributed by atoms with Gasteiger partial charge in [0.15, 0.2) is 6.23 Å². The summed E-state index contributed by atoms with van der Waals surface area (Å²) < 4.78 is 34.1. The number of nitrogens with zero attached hydrogens (tertiary/aromatic N) is 2. The number of aromatic nitrogens is 2. The molecule has 0 bridgehead atoms. The standard InChI is InChI=1S/C13H12F2IN3O3/c14-3-8-9(4-15)12(22-10(8)6-20)19-5-7(1-2-16)11(17)18-13(19)21/h1-5,10,12,20H,6H2,(H2,17,18,21). The minimum absolute atomic E-state index is 0.0120. The Morgan fingerprint density at radius 1 is 1.45 bits per heavy atom. The quantitative estimate of drug-likeness (QED) is 0.725. The molecule has 1 saturated heterocycles. The summed E-state index contributed by atoms with van der Waals surface area (Å²) in [6, 6.07) is 0. The van der Waals surface area contributed by atoms with Gasteiger partial charge >= 0.3 is 5.69 Å². The molecule has 22 heavy (non-hydrogen) atoms. The molecule has 0 aromatic carbocycles. The predicted octanol–water partition coefficient (Wildman–Crippen LogP) is 1.83. The maximum Gasteiger partial charge on any atom is 0.351 e. The molecule has 0 amide bonds. The number of aliphatic hydroxyl groups excluding tert-OH is 1. The molecule has 0 radical (unpaired) electrons. The number of ether oxygens (including phenoxy) is 1. The summed E-state index contributed by atoms with van der Waals surface area (Å²) >= 11 is 1.96. The summed E-state index contributed by atoms with van der Waals surface area (Å²) in [7, 11) is 0. The van der Waals surface area contributed by atoms with Crippen molar-refractivity contribution in [3.63, 3.8) is 0 Å². The van der Waals surface area contributed by atoms with E-state index in [1.807, 2.05) is 22.6 Å². The fourth-order valence-corrected chi connectivity index (χ4v) is 2.49. The van der Waals surface area contributed by atoms with Gasteiger partial charge in [-0.15, -0.1) is 0 Å². The lowest BCUT2D eigenvalue weighted by Crippen LogP contribution is -2.29. The van der Waals surface area contributed by atoms with Crippen LogP contribution < -0.4 is 11.4 Å². The summed E-state index contributed by atoms with van der Waals surface area (Å²) in [5.41, 5.74) is 4.92. The van der Waals surface area contributed by atoms with Gasteiger partial charge in [0.25, 0.3) is 0 Å². The third-order valence-corrected chi connectivity index (χ3v) is 3.51. The van der Waals surface area contributed by atoms with Crippen molar-refractivity contribution in [2.45, 2.75) is 12.3 Å². The van der Waals surface area contributed by atoms with Gasteiger partial charge in [-0.3, -0.25) is 4.57 Å². The lowest BCUT2D eigenvalue weighted by molar-refractivity contribution is -0.00860. The molecule has 3 N–H and O–H groups in total. The normalized spacial score (nSPS) is 25.6. The van der Waals surface area contributed by atoms with E-state index in [4.69, 9.17) is 10.5 Å². The van der Waals surface area contributed by atoms with Crippen LogP contribution in [0.2, 0.25) is 0 Å². The highest BCUT2D eigenvalue weighted by atomic mass is 127. The van der Waals surface area contributed by atoms with E-state index >= 15 is 0 Å². The van der Waals surface area contributed by atoms with Gasteiger partial charge < -0.3 is 15.6 Å². The van der Waals surface area contributed by atoms with Crippen molar-refractivity contribution in [1.29, 1.82) is 0 Å². The van der Waals surface area contributed by atoms with Crippen molar-refractivity contribution in [3.8, 4) is 0 Å². The molecule has 1 fully saturated rings. The van der Waals surface area contributed by atoms with Crippen LogP contribution in [0.1, 0.15) is 11.8 Å². The first-order valence-electron chi connectivity index (χ1n) is 6.10. The molecule has 2 heterocycles. The highest BCUT2D eigenvalue weighted by Crippen LogP contribution is 2.38. The molecule has 0 spiro atoms. The van der Waals surface area contributed by atoms with Crippen molar-refractivity contribution in [1.82, 2.24) is 9.55 Å². The Hall–Kier alpha value is -1.59. The Morgan fingerprint density at radius 2 is 2.14 bits per heavy atom. The summed E-state index contributed by atoms with van der Waals surface area (Å²) in [5.74, 6) is 0.0120. The number of nitrogen functional groups attached to an aromatic ring is 1. The van der Waals surface area contributed by atoms with Gasteiger partial charge in [0.05, 0.1) is 19.3 Å². The number of anilines is 1. The smallest absolute Gasteiger partial charge is 0.351 e. The minimum atomic E-state index is -1.23. The van der Waals surface area contributed by atoms with Crippen molar-refractivity contribution in [3.05, 3.63) is 50.1 Å². The number of aliphatic hydroxyl groups is 1. The van der Waals surface area contributed by atoms with E-state index in [0.717, 1.165) is 4.57 Å². The van der Waals surface area contributed by atoms with Crippen molar-refractivity contribution < 1.29 is 18.6 Å². The topological polar surface area (TPSA) is 90.4 Å². The first-order valence-corrected chi connectivity index (χ1v) is 7.34. The van der Waals surface area contributed by atoms with Crippen LogP contribution in [-0.2, 0) is 4.74 Å². The third-order valence-electron chi connectivity index (χ3n) is 3.15. The van der Waals surface area contributed by atoms with Crippen LogP contribution in [0.15, 0.2) is 38.9 Å². The molecule has 9 heteroatoms. The molecule has 0 aliphatic carbocycles. The second-order valence-electron chi connectivity index (χ2n) is 4.35. The van der Waals surface area contributed by atoms with Gasteiger partial charge in [-0.1, -0.05) is 22.6 Å². The fourth-order valence-electron chi connectivity index (χ4n) is 2.10. The van der Waals surface area contributed by atoms with E-state index in [1.165, 1.54) is 6.20 Å². The van der Waals surface area contributed by atoms with Crippen LogP contribution in [0.3, 0.4) is 0 Å². The van der Waals surface area contributed by atoms with E-state index in [2.05, 4.69) is 4.98 Å². The number of rotatable bonds is 3. The molecular formula is C13H12F2IN3O3. The van der Waals surface area contributed by atoms with E-state index in [-0.39, 0.29) is 29.6 Å². The molecule has 1 aromatic rings. The highest BCUT2D eigenvalue weighted by molar-refractivity contribution is 14.1. The Morgan fingerprint density at radius 3 is 2.68 bits per heavy atom. The van der Waals surface area contributed by atoms with Crippen molar-refractivity contribution in [2.75, 3.05) is 12.3 Å². The Balaban J connectivity index is 2.56. The van der Waals surface area contributed by atoms with Crippen molar-refractivity contribution in [2.24, 2.45) is 0 Å². The maximum absolute atomic E-state index is 13.1. The SMILES string of the molecule is Nc1nc(=O)n(C2OC(CO)C(=CF)C2=CF)cc1C=CI. The zero-order valence-electron chi connectivity index (χ0n) is 11.1. The second kappa shape index (κ2) is 7.11. The number of halogens is 3. The lowest BCUT2D eigenvalue weighted by Gasteiger charge is -2.15. The van der Waals surface area contributed by atoms with E-state index in [1.54, 1.807) is 10.2 Å². The first kappa shape index (κ1) is 16.8. The fraction of sp³-hybridized carbons (Fsp3) is 0.231. The van der Waals surface area contributed by atoms with Crippen LogP contribution >= 0.6 is 22.6 Å². The van der Waals surface area contributed by atoms with Gasteiger partial charge in [-0.25, -0.2) is 13.6 Å². The lowest BCUT2D eigenvalue weighted by atomic mass is 10.1. The van der Waals surface area contributed by atoms with Crippen LogP contribution in [0.5, 0.6) is 0 Å².